The SMILES string of the molecule is CC(CC(C(=O)Cl)(c1ccccc1)c1ccccc1)N(C)C. The molecule has 2 aromatic rings. The molecule has 0 aliphatic carbocycles. The summed E-state index contributed by atoms with van der Waals surface area (Å²) < 4.78 is 0. The highest BCUT2D eigenvalue weighted by Gasteiger charge is 2.42. The van der Waals surface area contributed by atoms with Crippen LogP contribution in [0.5, 0.6) is 0 Å². The molecular weight excluding hydrogens is 294 g/mol. The molecule has 0 fully saturated rings. The number of carbonyl (C=O) groups excluding carboxylic acids is 1. The van der Waals surface area contributed by atoms with E-state index < -0.39 is 5.41 Å². The van der Waals surface area contributed by atoms with Gasteiger partial charge in [-0.2, -0.15) is 0 Å². The van der Waals surface area contributed by atoms with Crippen LogP contribution in [-0.4, -0.2) is 30.3 Å². The van der Waals surface area contributed by atoms with Crippen LogP contribution in [0.15, 0.2) is 60.7 Å². The van der Waals surface area contributed by atoms with E-state index in [1.807, 2.05) is 74.8 Å². The number of hydrogen-bond donors (Lipinski definition) is 0. The van der Waals surface area contributed by atoms with Crippen molar-refractivity contribution < 1.29 is 4.79 Å². The van der Waals surface area contributed by atoms with Crippen molar-refractivity contribution in [3.05, 3.63) is 71.8 Å². The lowest BCUT2D eigenvalue weighted by Gasteiger charge is -2.35. The van der Waals surface area contributed by atoms with E-state index in [1.54, 1.807) is 0 Å². The first kappa shape index (κ1) is 16.7. The van der Waals surface area contributed by atoms with Gasteiger partial charge in [-0.05, 0) is 50.2 Å². The first-order chi connectivity index (χ1) is 10.5. The molecule has 3 heteroatoms. The zero-order valence-corrected chi connectivity index (χ0v) is 14.0. The zero-order chi connectivity index (χ0) is 16.2. The summed E-state index contributed by atoms with van der Waals surface area (Å²) >= 11 is 6.16. The Bertz CT molecular complexity index is 570. The summed E-state index contributed by atoms with van der Waals surface area (Å²) in [7, 11) is 4.04. The molecule has 22 heavy (non-hydrogen) atoms. The Morgan fingerprint density at radius 1 is 1.00 bits per heavy atom. The maximum atomic E-state index is 12.6. The van der Waals surface area contributed by atoms with Gasteiger partial charge in [0.15, 0.2) is 0 Å². The molecule has 2 nitrogen and oxygen atoms in total. The number of hydrogen-bond acceptors (Lipinski definition) is 2. The third kappa shape index (κ3) is 3.23. The Morgan fingerprint density at radius 3 is 1.73 bits per heavy atom. The minimum absolute atomic E-state index is 0.211. The van der Waals surface area contributed by atoms with Crippen LogP contribution in [0.25, 0.3) is 0 Å². The quantitative estimate of drug-likeness (QED) is 0.749. The Morgan fingerprint density at radius 2 is 1.41 bits per heavy atom. The second kappa shape index (κ2) is 7.08. The lowest BCUT2D eigenvalue weighted by Crippen LogP contribution is -2.41. The van der Waals surface area contributed by atoms with E-state index in [9.17, 15) is 4.79 Å². The molecule has 0 saturated heterocycles. The molecule has 116 valence electrons. The van der Waals surface area contributed by atoms with E-state index in [2.05, 4.69) is 11.8 Å². The van der Waals surface area contributed by atoms with Crippen molar-refractivity contribution in [1.29, 1.82) is 0 Å². The zero-order valence-electron chi connectivity index (χ0n) is 13.3. The van der Waals surface area contributed by atoms with Gasteiger partial charge in [0.25, 0.3) is 0 Å². The van der Waals surface area contributed by atoms with Gasteiger partial charge in [-0.3, -0.25) is 4.79 Å². The highest BCUT2D eigenvalue weighted by Crippen LogP contribution is 2.39. The van der Waals surface area contributed by atoms with Gasteiger partial charge in [0.05, 0.1) is 5.41 Å². The smallest absolute Gasteiger partial charge is 0.236 e. The summed E-state index contributed by atoms with van der Waals surface area (Å²) in [6.45, 7) is 2.11. The summed E-state index contributed by atoms with van der Waals surface area (Å²) in [6.07, 6.45) is 0.635. The molecule has 0 saturated carbocycles. The van der Waals surface area contributed by atoms with Crippen LogP contribution in [0, 0.1) is 0 Å². The maximum Gasteiger partial charge on any atom is 0.236 e. The third-order valence-electron chi connectivity index (χ3n) is 4.35. The van der Waals surface area contributed by atoms with Crippen molar-refractivity contribution in [2.24, 2.45) is 0 Å². The maximum absolute atomic E-state index is 12.6. The fraction of sp³-hybridized carbons (Fsp3) is 0.316. The third-order valence-corrected chi connectivity index (χ3v) is 4.67. The van der Waals surface area contributed by atoms with Crippen LogP contribution in [-0.2, 0) is 10.2 Å². The molecule has 1 atom stereocenters. The molecular formula is C19H22ClNO. The molecule has 1 unspecified atom stereocenters. The van der Waals surface area contributed by atoms with Crippen LogP contribution >= 0.6 is 11.6 Å². The number of carbonyl (C=O) groups is 1. The van der Waals surface area contributed by atoms with E-state index in [4.69, 9.17) is 11.6 Å². The van der Waals surface area contributed by atoms with Gasteiger partial charge in [0.2, 0.25) is 5.24 Å². The summed E-state index contributed by atoms with van der Waals surface area (Å²) in [4.78, 5) is 14.7. The lowest BCUT2D eigenvalue weighted by molar-refractivity contribution is -0.116. The van der Waals surface area contributed by atoms with Crippen LogP contribution in [0.4, 0.5) is 0 Å². The van der Waals surface area contributed by atoms with Crippen molar-refractivity contribution in [3.63, 3.8) is 0 Å². The Labute approximate surface area is 137 Å². The summed E-state index contributed by atoms with van der Waals surface area (Å²) in [5.41, 5.74) is 1.05. The van der Waals surface area contributed by atoms with Crippen molar-refractivity contribution in [2.45, 2.75) is 24.8 Å². The van der Waals surface area contributed by atoms with E-state index in [0.29, 0.717) is 6.42 Å². The van der Waals surface area contributed by atoms with Crippen molar-refractivity contribution in [3.8, 4) is 0 Å². The van der Waals surface area contributed by atoms with E-state index >= 15 is 0 Å². The highest BCUT2D eigenvalue weighted by molar-refractivity contribution is 6.66. The molecule has 0 aliphatic heterocycles. The van der Waals surface area contributed by atoms with E-state index in [0.717, 1.165) is 11.1 Å². The van der Waals surface area contributed by atoms with E-state index in [1.165, 1.54) is 0 Å². The molecule has 2 rings (SSSR count). The van der Waals surface area contributed by atoms with Gasteiger partial charge in [0.1, 0.15) is 0 Å². The molecule has 0 bridgehead atoms. The van der Waals surface area contributed by atoms with Crippen molar-refractivity contribution in [1.82, 2.24) is 4.90 Å². The van der Waals surface area contributed by atoms with E-state index in [-0.39, 0.29) is 11.3 Å². The Hall–Kier alpha value is -1.64. The lowest BCUT2D eigenvalue weighted by atomic mass is 9.71. The van der Waals surface area contributed by atoms with Gasteiger partial charge in [-0.1, -0.05) is 60.7 Å². The standard InChI is InChI=1S/C19H22ClNO/c1-15(21(2)3)14-19(18(20)22,16-10-6-4-7-11-16)17-12-8-5-9-13-17/h4-13,15H,14H2,1-3H3. The second-order valence-electron chi connectivity index (χ2n) is 5.93. The van der Waals surface area contributed by atoms with Crippen LogP contribution in [0.3, 0.4) is 0 Å². The molecule has 0 aromatic heterocycles. The average molecular weight is 316 g/mol. The van der Waals surface area contributed by atoms with Crippen LogP contribution in [0.1, 0.15) is 24.5 Å². The molecule has 0 radical (unpaired) electrons. The summed E-state index contributed by atoms with van der Waals surface area (Å²) in [5, 5.41) is -0.335. The number of halogens is 1. The number of rotatable bonds is 6. The van der Waals surface area contributed by atoms with Gasteiger partial charge in [-0.25, -0.2) is 0 Å². The number of benzene rings is 2. The fourth-order valence-electron chi connectivity index (χ4n) is 2.78. The molecule has 2 aromatic carbocycles. The highest BCUT2D eigenvalue weighted by atomic mass is 35.5. The largest absolute Gasteiger partial charge is 0.307 e. The van der Waals surface area contributed by atoms with Crippen LogP contribution in [0.2, 0.25) is 0 Å². The minimum Gasteiger partial charge on any atom is -0.307 e. The normalized spacial score (nSPS) is 13.1. The Kier molecular flexibility index (Phi) is 5.38. The molecule has 0 N–H and O–H groups in total. The van der Waals surface area contributed by atoms with Crippen LogP contribution < -0.4 is 0 Å². The topological polar surface area (TPSA) is 20.3 Å². The first-order valence-corrected chi connectivity index (χ1v) is 7.83. The molecule has 0 aliphatic rings. The van der Waals surface area contributed by atoms with Gasteiger partial charge < -0.3 is 4.90 Å². The summed E-state index contributed by atoms with van der Waals surface area (Å²) in [6, 6.07) is 19.8. The number of nitrogens with zero attached hydrogens (tertiary/aromatic N) is 1. The van der Waals surface area contributed by atoms with Gasteiger partial charge >= 0.3 is 0 Å². The molecule has 0 heterocycles. The predicted molar refractivity (Wildman–Crippen MR) is 92.3 cm³/mol. The van der Waals surface area contributed by atoms with Crippen molar-refractivity contribution >= 4 is 16.8 Å². The minimum atomic E-state index is -0.826. The second-order valence-corrected chi connectivity index (χ2v) is 6.27. The predicted octanol–water partition coefficient (Wildman–Crippen LogP) is 4.08. The van der Waals surface area contributed by atoms with Crippen molar-refractivity contribution in [2.75, 3.05) is 14.1 Å². The average Bonchev–Trinajstić information content (AvgIpc) is 2.53. The fourth-order valence-corrected chi connectivity index (χ4v) is 3.08. The van der Waals surface area contributed by atoms with Gasteiger partial charge in [0, 0.05) is 6.04 Å². The first-order valence-electron chi connectivity index (χ1n) is 7.46. The molecule has 0 spiro atoms. The monoisotopic (exact) mass is 315 g/mol. The molecule has 0 amide bonds. The van der Waals surface area contributed by atoms with Gasteiger partial charge in [-0.15, -0.1) is 0 Å². The summed E-state index contributed by atoms with van der Waals surface area (Å²) in [5.74, 6) is 0. The Balaban J connectivity index is 2.63.